The van der Waals surface area contributed by atoms with E-state index in [2.05, 4.69) is 21.0 Å². The van der Waals surface area contributed by atoms with Gasteiger partial charge < -0.3 is 0 Å². The summed E-state index contributed by atoms with van der Waals surface area (Å²) in [4.78, 5) is 12.8. The zero-order valence-corrected chi connectivity index (χ0v) is 9.81. The smallest absolute Gasteiger partial charge is 0.159 e. The summed E-state index contributed by atoms with van der Waals surface area (Å²) in [7, 11) is 0. The molecule has 0 saturated carbocycles. The van der Waals surface area contributed by atoms with Gasteiger partial charge in [-0.25, -0.2) is 9.97 Å². The monoisotopic (exact) mass is 243 g/mol. The van der Waals surface area contributed by atoms with Crippen LogP contribution < -0.4 is 0 Å². The van der Waals surface area contributed by atoms with Crippen LogP contribution in [0.25, 0.3) is 16.9 Å². The minimum atomic E-state index is 0.634. The van der Waals surface area contributed by atoms with Gasteiger partial charge in [0, 0.05) is 36.2 Å². The molecule has 0 spiro atoms. The molecule has 0 aliphatic heterocycles. The van der Waals surface area contributed by atoms with Gasteiger partial charge in [-0.2, -0.15) is 0 Å². The number of pyridine rings is 1. The fraction of sp³-hybridized carbons (Fsp3) is 0.0833. The van der Waals surface area contributed by atoms with Crippen LogP contribution in [0.4, 0.5) is 0 Å². The summed E-state index contributed by atoms with van der Waals surface area (Å²) < 4.78 is 1.84. The van der Waals surface area contributed by atoms with Gasteiger partial charge in [-0.3, -0.25) is 9.55 Å². The lowest BCUT2D eigenvalue weighted by Crippen LogP contribution is -2.01. The second-order valence-electron chi connectivity index (χ2n) is 3.62. The zero-order chi connectivity index (χ0) is 11.8. The van der Waals surface area contributed by atoms with Gasteiger partial charge in [0.2, 0.25) is 0 Å². The van der Waals surface area contributed by atoms with Crippen molar-refractivity contribution < 1.29 is 0 Å². The standard InChI is InChI=1S/C12H8ClN4/c1-8-11(16-6-5-14-8)17-7-10(13)9-3-2-4-15-12(9)17/h3-7H,1H3. The molecule has 0 saturated heterocycles. The SMILES string of the molecule is Cc1nccnc1-n1cc(Cl)c2c[c]cnc21. The number of aromatic nitrogens is 4. The molecule has 17 heavy (non-hydrogen) atoms. The lowest BCUT2D eigenvalue weighted by atomic mass is 10.3. The predicted molar refractivity (Wildman–Crippen MR) is 65.2 cm³/mol. The molecule has 83 valence electrons. The number of nitrogens with zero attached hydrogens (tertiary/aromatic N) is 4. The minimum absolute atomic E-state index is 0.634. The molecule has 0 aliphatic rings. The van der Waals surface area contributed by atoms with Crippen LogP contribution in [0.5, 0.6) is 0 Å². The third-order valence-corrected chi connectivity index (χ3v) is 2.84. The van der Waals surface area contributed by atoms with Crippen molar-refractivity contribution in [1.29, 1.82) is 0 Å². The molecule has 0 aliphatic carbocycles. The second-order valence-corrected chi connectivity index (χ2v) is 4.03. The van der Waals surface area contributed by atoms with E-state index in [1.54, 1.807) is 24.8 Å². The summed E-state index contributed by atoms with van der Waals surface area (Å²) in [5.74, 6) is 0.739. The topological polar surface area (TPSA) is 43.6 Å². The molecule has 5 heteroatoms. The van der Waals surface area contributed by atoms with Crippen molar-refractivity contribution >= 4 is 22.6 Å². The first-order valence-corrected chi connectivity index (χ1v) is 5.46. The number of aryl methyl sites for hydroxylation is 1. The molecule has 0 bridgehead atoms. The number of rotatable bonds is 1. The maximum atomic E-state index is 6.15. The Hall–Kier alpha value is -1.94. The van der Waals surface area contributed by atoms with E-state index >= 15 is 0 Å². The second kappa shape index (κ2) is 3.82. The fourth-order valence-electron chi connectivity index (χ4n) is 1.76. The van der Waals surface area contributed by atoms with E-state index in [1.807, 2.05) is 17.6 Å². The molecule has 0 unspecified atom stereocenters. The van der Waals surface area contributed by atoms with Crippen LogP contribution in [0.3, 0.4) is 0 Å². The highest BCUT2D eigenvalue weighted by molar-refractivity contribution is 6.35. The van der Waals surface area contributed by atoms with Gasteiger partial charge in [0.15, 0.2) is 5.82 Å². The van der Waals surface area contributed by atoms with Crippen LogP contribution in [-0.4, -0.2) is 19.5 Å². The molecule has 3 aromatic heterocycles. The summed E-state index contributed by atoms with van der Waals surface area (Å²) in [5.41, 5.74) is 1.59. The van der Waals surface area contributed by atoms with Gasteiger partial charge in [-0.15, -0.1) is 0 Å². The third-order valence-electron chi connectivity index (χ3n) is 2.54. The first kappa shape index (κ1) is 10.2. The van der Waals surface area contributed by atoms with Crippen molar-refractivity contribution in [2.24, 2.45) is 0 Å². The van der Waals surface area contributed by atoms with Gasteiger partial charge in [-0.05, 0) is 13.0 Å². The summed E-state index contributed by atoms with van der Waals surface area (Å²) in [5, 5.41) is 1.49. The molecule has 0 amide bonds. The molecule has 0 aromatic carbocycles. The van der Waals surface area contributed by atoms with Gasteiger partial charge in [0.1, 0.15) is 5.65 Å². The molecular formula is C12H8ClN4. The molecule has 0 fully saturated rings. The molecule has 0 N–H and O–H groups in total. The van der Waals surface area contributed by atoms with Crippen LogP contribution in [-0.2, 0) is 0 Å². The van der Waals surface area contributed by atoms with E-state index in [1.165, 1.54) is 0 Å². The molecule has 3 aromatic rings. The fourth-order valence-corrected chi connectivity index (χ4v) is 2.00. The normalized spacial score (nSPS) is 10.9. The van der Waals surface area contributed by atoms with E-state index in [0.29, 0.717) is 5.02 Å². The lowest BCUT2D eigenvalue weighted by molar-refractivity contribution is 0.962. The maximum absolute atomic E-state index is 6.15. The highest BCUT2D eigenvalue weighted by atomic mass is 35.5. The molecule has 3 rings (SSSR count). The maximum Gasteiger partial charge on any atom is 0.159 e. The molecule has 1 radical (unpaired) electrons. The van der Waals surface area contributed by atoms with Crippen LogP contribution in [0.15, 0.2) is 30.9 Å². The van der Waals surface area contributed by atoms with E-state index in [0.717, 1.165) is 22.5 Å². The van der Waals surface area contributed by atoms with E-state index in [4.69, 9.17) is 11.6 Å². The summed E-state index contributed by atoms with van der Waals surface area (Å²) in [6, 6.07) is 4.72. The van der Waals surface area contributed by atoms with Crippen molar-refractivity contribution in [3.05, 3.63) is 47.6 Å². The molecular weight excluding hydrogens is 236 g/mol. The first-order valence-electron chi connectivity index (χ1n) is 5.08. The summed E-state index contributed by atoms with van der Waals surface area (Å²) >= 11 is 6.15. The Morgan fingerprint density at radius 2 is 2.06 bits per heavy atom. The predicted octanol–water partition coefficient (Wildman–Crippen LogP) is 2.58. The molecule has 0 atom stereocenters. The number of halogens is 1. The Balaban J connectivity index is 2.35. The van der Waals surface area contributed by atoms with Gasteiger partial charge in [0.05, 0.1) is 10.7 Å². The van der Waals surface area contributed by atoms with Crippen molar-refractivity contribution in [3.8, 4) is 5.82 Å². The number of hydrogen-bond donors (Lipinski definition) is 0. The van der Waals surface area contributed by atoms with Crippen molar-refractivity contribution in [3.63, 3.8) is 0 Å². The Bertz CT molecular complexity index is 690. The Kier molecular flexibility index (Phi) is 2.30. The Morgan fingerprint density at radius 3 is 2.88 bits per heavy atom. The van der Waals surface area contributed by atoms with Gasteiger partial charge in [-0.1, -0.05) is 11.6 Å². The quantitative estimate of drug-likeness (QED) is 0.660. The average Bonchev–Trinajstić information content (AvgIpc) is 2.68. The van der Waals surface area contributed by atoms with Gasteiger partial charge in [0.25, 0.3) is 0 Å². The highest BCUT2D eigenvalue weighted by Gasteiger charge is 2.11. The first-order chi connectivity index (χ1) is 8.27. The van der Waals surface area contributed by atoms with Crippen molar-refractivity contribution in [2.75, 3.05) is 0 Å². The van der Waals surface area contributed by atoms with E-state index in [-0.39, 0.29) is 0 Å². The van der Waals surface area contributed by atoms with Crippen molar-refractivity contribution in [2.45, 2.75) is 6.92 Å². The summed E-state index contributed by atoms with van der Waals surface area (Å²) in [6.45, 7) is 1.90. The Morgan fingerprint density at radius 1 is 1.24 bits per heavy atom. The van der Waals surface area contributed by atoms with Gasteiger partial charge >= 0.3 is 0 Å². The minimum Gasteiger partial charge on any atom is -0.282 e. The van der Waals surface area contributed by atoms with E-state index < -0.39 is 0 Å². The third kappa shape index (κ3) is 1.57. The largest absolute Gasteiger partial charge is 0.282 e. The zero-order valence-electron chi connectivity index (χ0n) is 9.05. The van der Waals surface area contributed by atoms with Crippen LogP contribution in [0, 0.1) is 13.0 Å². The number of fused-ring (bicyclic) bond motifs is 1. The average molecular weight is 244 g/mol. The molecule has 3 heterocycles. The van der Waals surface area contributed by atoms with Crippen LogP contribution in [0.2, 0.25) is 5.02 Å². The summed E-state index contributed by atoms with van der Waals surface area (Å²) in [6.07, 6.45) is 6.72. The van der Waals surface area contributed by atoms with E-state index in [9.17, 15) is 0 Å². The van der Waals surface area contributed by atoms with Crippen LogP contribution >= 0.6 is 11.6 Å². The Labute approximate surface area is 103 Å². The highest BCUT2D eigenvalue weighted by Crippen LogP contribution is 2.26. The lowest BCUT2D eigenvalue weighted by Gasteiger charge is -2.04. The molecule has 4 nitrogen and oxygen atoms in total. The van der Waals surface area contributed by atoms with Crippen LogP contribution in [0.1, 0.15) is 5.69 Å². The number of hydrogen-bond acceptors (Lipinski definition) is 3. The van der Waals surface area contributed by atoms with Crippen molar-refractivity contribution in [1.82, 2.24) is 19.5 Å².